The second-order valence-electron chi connectivity index (χ2n) is 13.5. The van der Waals surface area contributed by atoms with Crippen LogP contribution in [0.3, 0.4) is 0 Å². The molecule has 0 bridgehead atoms. The summed E-state index contributed by atoms with van der Waals surface area (Å²) in [7, 11) is 0. The molecular formula is C34H43N7O8. The van der Waals surface area contributed by atoms with Crippen LogP contribution in [0.5, 0.6) is 0 Å². The molecule has 1 fully saturated rings. The number of rotatable bonds is 9. The minimum atomic E-state index is -1.00. The normalized spacial score (nSPS) is 16.8. The number of carboxylic acids is 3. The highest BCUT2D eigenvalue weighted by Crippen LogP contribution is 2.26. The van der Waals surface area contributed by atoms with Crippen LogP contribution in [0.2, 0.25) is 0 Å². The van der Waals surface area contributed by atoms with Crippen molar-refractivity contribution in [3.8, 4) is 5.82 Å². The predicted octanol–water partition coefficient (Wildman–Crippen LogP) is 1.80. The summed E-state index contributed by atoms with van der Waals surface area (Å²) in [6, 6.07) is 10.9. The van der Waals surface area contributed by atoms with Crippen molar-refractivity contribution in [1.29, 1.82) is 0 Å². The molecule has 4 aromatic rings. The molecule has 0 unspecified atom stereocenters. The molecule has 49 heavy (non-hydrogen) atoms. The van der Waals surface area contributed by atoms with E-state index in [0.29, 0.717) is 86.8 Å². The molecule has 1 aromatic carbocycles. The van der Waals surface area contributed by atoms with Gasteiger partial charge in [0.15, 0.2) is 5.82 Å². The maximum atomic E-state index is 13.4. The molecule has 0 atom stereocenters. The lowest BCUT2D eigenvalue weighted by atomic mass is 9.86. The van der Waals surface area contributed by atoms with Gasteiger partial charge in [-0.05, 0) is 41.3 Å². The van der Waals surface area contributed by atoms with Crippen LogP contribution < -0.4 is 5.43 Å². The molecule has 0 aliphatic carbocycles. The van der Waals surface area contributed by atoms with Crippen molar-refractivity contribution in [2.45, 2.75) is 32.7 Å². The van der Waals surface area contributed by atoms with Gasteiger partial charge in [-0.2, -0.15) is 10.1 Å². The number of nitrogens with zero attached hydrogens (tertiary/aromatic N) is 7. The van der Waals surface area contributed by atoms with E-state index in [-0.39, 0.29) is 36.2 Å². The lowest BCUT2D eigenvalue weighted by Gasteiger charge is -2.32. The van der Waals surface area contributed by atoms with E-state index in [1.807, 2.05) is 18.2 Å². The summed E-state index contributed by atoms with van der Waals surface area (Å²) in [5.74, 6) is -2.49. The van der Waals surface area contributed by atoms with Crippen LogP contribution in [0.15, 0.2) is 51.8 Å². The third kappa shape index (κ3) is 9.47. The van der Waals surface area contributed by atoms with E-state index in [1.165, 1.54) is 0 Å². The Balaban J connectivity index is 1.35. The van der Waals surface area contributed by atoms with Gasteiger partial charge in [-0.25, -0.2) is 4.68 Å². The zero-order chi connectivity index (χ0) is 35.3. The average Bonchev–Trinajstić information content (AvgIpc) is 3.49. The number of carbonyl (C=O) groups is 3. The van der Waals surface area contributed by atoms with Gasteiger partial charge in [-0.3, -0.25) is 38.8 Å². The fourth-order valence-electron chi connectivity index (χ4n) is 5.91. The highest BCUT2D eigenvalue weighted by atomic mass is 16.4. The highest BCUT2D eigenvalue weighted by Gasteiger charge is 2.21. The predicted molar refractivity (Wildman–Crippen MR) is 181 cm³/mol. The summed E-state index contributed by atoms with van der Waals surface area (Å²) < 4.78 is 7.67. The van der Waals surface area contributed by atoms with Gasteiger partial charge in [0.1, 0.15) is 5.58 Å². The lowest BCUT2D eigenvalue weighted by molar-refractivity contribution is -0.140. The molecule has 4 heterocycles. The minimum Gasteiger partial charge on any atom is -0.480 e. The largest absolute Gasteiger partial charge is 0.480 e. The Bertz CT molecular complexity index is 1850. The molecule has 15 heteroatoms. The van der Waals surface area contributed by atoms with Crippen molar-refractivity contribution >= 4 is 40.0 Å². The third-order valence-electron chi connectivity index (χ3n) is 8.66. The molecule has 0 radical (unpaired) electrons. The van der Waals surface area contributed by atoms with E-state index in [0.717, 1.165) is 5.56 Å². The Kier molecular flexibility index (Phi) is 11.1. The maximum Gasteiger partial charge on any atom is 0.317 e. The van der Waals surface area contributed by atoms with Gasteiger partial charge in [-0.1, -0.05) is 26.8 Å². The van der Waals surface area contributed by atoms with Crippen LogP contribution in [0.1, 0.15) is 32.0 Å². The first-order chi connectivity index (χ1) is 23.2. The molecule has 3 N–H and O–H groups in total. The topological polar surface area (TPSA) is 186 Å². The molecule has 0 spiro atoms. The highest BCUT2D eigenvalue weighted by molar-refractivity contribution is 5.88. The standard InChI is InChI=1S/C34H43N7O8/c1-34(2,3)23-4-6-27-26(18-23)32(48)25-5-7-28(35-33(25)49-27)41-9-8-24(36-41)19-37-10-12-38(20-29(42)43)14-16-40(22-31(46)47)17-15-39(13-11-37)21-30(44)45/h4-9,18H,10-17,19-22H2,1-3H3,(H,42,43)(H,44,45)(H,46,47). The van der Waals surface area contributed by atoms with Crippen molar-refractivity contribution in [2.75, 3.05) is 72.0 Å². The van der Waals surface area contributed by atoms with Gasteiger partial charge in [0.05, 0.1) is 36.1 Å². The third-order valence-corrected chi connectivity index (χ3v) is 8.66. The molecule has 0 amide bonds. The van der Waals surface area contributed by atoms with E-state index in [9.17, 15) is 34.5 Å². The van der Waals surface area contributed by atoms with E-state index >= 15 is 0 Å². The summed E-state index contributed by atoms with van der Waals surface area (Å²) in [5, 5.41) is 34.0. The SMILES string of the molecule is CC(C)(C)c1ccc2oc3nc(-n4ccc(CN5CCN(CC(=O)O)CCN(CC(=O)O)CCN(CC(=O)O)CC5)n4)ccc3c(=O)c2c1. The Hall–Kier alpha value is -4.70. The quantitative estimate of drug-likeness (QED) is 0.218. The van der Waals surface area contributed by atoms with Crippen molar-refractivity contribution in [2.24, 2.45) is 0 Å². The lowest BCUT2D eigenvalue weighted by Crippen LogP contribution is -2.48. The van der Waals surface area contributed by atoms with Gasteiger partial charge < -0.3 is 19.7 Å². The van der Waals surface area contributed by atoms with Crippen molar-refractivity contribution in [3.05, 3.63) is 64.1 Å². The van der Waals surface area contributed by atoms with Gasteiger partial charge in [0.25, 0.3) is 0 Å². The smallest absolute Gasteiger partial charge is 0.317 e. The van der Waals surface area contributed by atoms with Crippen molar-refractivity contribution in [1.82, 2.24) is 34.4 Å². The van der Waals surface area contributed by atoms with Crippen molar-refractivity contribution < 1.29 is 34.1 Å². The van der Waals surface area contributed by atoms with Crippen LogP contribution in [0, 0.1) is 0 Å². The van der Waals surface area contributed by atoms with Crippen LogP contribution >= 0.6 is 0 Å². The Morgan fingerprint density at radius 2 is 1.27 bits per heavy atom. The zero-order valence-electron chi connectivity index (χ0n) is 28.0. The van der Waals surface area contributed by atoms with E-state index in [4.69, 9.17) is 9.52 Å². The number of carboxylic acid groups (broad SMARTS) is 3. The number of pyridine rings is 1. The Morgan fingerprint density at radius 1 is 0.735 bits per heavy atom. The molecule has 1 aliphatic rings. The second kappa shape index (κ2) is 15.2. The summed E-state index contributed by atoms with van der Waals surface area (Å²) in [6.45, 7) is 9.18. The Labute approximate surface area is 282 Å². The van der Waals surface area contributed by atoms with Gasteiger partial charge in [0.2, 0.25) is 11.1 Å². The minimum absolute atomic E-state index is 0.125. The summed E-state index contributed by atoms with van der Waals surface area (Å²) >= 11 is 0. The number of aromatic nitrogens is 3. The number of hydrogen-bond donors (Lipinski definition) is 3. The summed E-state index contributed by atoms with van der Waals surface area (Å²) in [4.78, 5) is 60.0. The molecule has 262 valence electrons. The number of hydrogen-bond acceptors (Lipinski definition) is 11. The molecule has 15 nitrogen and oxygen atoms in total. The molecular weight excluding hydrogens is 634 g/mol. The van der Waals surface area contributed by atoms with Crippen molar-refractivity contribution in [3.63, 3.8) is 0 Å². The molecule has 1 saturated heterocycles. The fraction of sp³-hybridized carbons (Fsp3) is 0.471. The Morgan fingerprint density at radius 3 is 1.78 bits per heavy atom. The molecule has 1 aliphatic heterocycles. The number of aliphatic carboxylic acids is 3. The van der Waals surface area contributed by atoms with Gasteiger partial charge in [0, 0.05) is 65.1 Å². The molecule has 5 rings (SSSR count). The van der Waals surface area contributed by atoms with Gasteiger partial charge in [-0.15, -0.1) is 0 Å². The number of benzene rings is 1. The zero-order valence-corrected chi connectivity index (χ0v) is 28.0. The van der Waals surface area contributed by atoms with Crippen LogP contribution in [-0.2, 0) is 26.3 Å². The summed E-state index contributed by atoms with van der Waals surface area (Å²) in [5.41, 5.74) is 2.13. The summed E-state index contributed by atoms with van der Waals surface area (Å²) in [6.07, 6.45) is 1.76. The van der Waals surface area contributed by atoms with E-state index < -0.39 is 17.9 Å². The van der Waals surface area contributed by atoms with Gasteiger partial charge >= 0.3 is 17.9 Å². The first kappa shape index (κ1) is 35.6. The first-order valence-electron chi connectivity index (χ1n) is 16.2. The number of fused-ring (bicyclic) bond motifs is 2. The maximum absolute atomic E-state index is 13.4. The molecule has 0 saturated carbocycles. The van der Waals surface area contributed by atoms with Crippen LogP contribution in [-0.4, -0.2) is 140 Å². The van der Waals surface area contributed by atoms with Crippen LogP contribution in [0.4, 0.5) is 0 Å². The van der Waals surface area contributed by atoms with E-state index in [2.05, 4.69) is 30.7 Å². The second-order valence-corrected chi connectivity index (χ2v) is 13.5. The fourth-order valence-corrected chi connectivity index (χ4v) is 5.91. The monoisotopic (exact) mass is 677 g/mol. The average molecular weight is 678 g/mol. The van der Waals surface area contributed by atoms with E-state index in [1.54, 1.807) is 43.8 Å². The van der Waals surface area contributed by atoms with Crippen LogP contribution in [0.25, 0.3) is 27.9 Å². The first-order valence-corrected chi connectivity index (χ1v) is 16.2. The molecule has 3 aromatic heterocycles.